The zero-order chi connectivity index (χ0) is 15.5. The standard InChI is InChI=1S/C19H20N2S/c1-4-14-5-7-15(8-6-14)16-9-11-17(12-10-16)19-18(20-3)13(2)21-22-19/h5-12,20H,4H2,1-3H3. The molecule has 0 bridgehead atoms. The van der Waals surface area contributed by atoms with E-state index in [0.29, 0.717) is 0 Å². The minimum atomic E-state index is 1.06. The highest BCUT2D eigenvalue weighted by Gasteiger charge is 2.11. The summed E-state index contributed by atoms with van der Waals surface area (Å²) in [6, 6.07) is 17.5. The molecule has 112 valence electrons. The summed E-state index contributed by atoms with van der Waals surface area (Å²) in [6.07, 6.45) is 1.08. The van der Waals surface area contributed by atoms with Crippen LogP contribution in [0.4, 0.5) is 5.69 Å². The van der Waals surface area contributed by atoms with Gasteiger partial charge in [-0.15, -0.1) is 0 Å². The van der Waals surface area contributed by atoms with Crippen molar-refractivity contribution in [2.75, 3.05) is 12.4 Å². The quantitative estimate of drug-likeness (QED) is 0.699. The predicted octanol–water partition coefficient (Wildman–Crippen LogP) is 5.39. The lowest BCUT2D eigenvalue weighted by atomic mass is 10.0. The van der Waals surface area contributed by atoms with Crippen LogP contribution < -0.4 is 5.32 Å². The van der Waals surface area contributed by atoms with Gasteiger partial charge >= 0.3 is 0 Å². The molecule has 3 aromatic rings. The predicted molar refractivity (Wildman–Crippen MR) is 96.6 cm³/mol. The number of aromatic nitrogens is 1. The van der Waals surface area contributed by atoms with Gasteiger partial charge in [-0.1, -0.05) is 55.5 Å². The SMILES string of the molecule is CCc1ccc(-c2ccc(-c3snc(C)c3NC)cc2)cc1. The Bertz CT molecular complexity index is 755. The van der Waals surface area contributed by atoms with Crippen molar-refractivity contribution in [1.82, 2.24) is 4.37 Å². The average molecular weight is 308 g/mol. The van der Waals surface area contributed by atoms with Crippen molar-refractivity contribution < 1.29 is 0 Å². The molecule has 0 radical (unpaired) electrons. The maximum absolute atomic E-state index is 4.44. The molecule has 0 saturated heterocycles. The summed E-state index contributed by atoms with van der Waals surface area (Å²) < 4.78 is 4.44. The van der Waals surface area contributed by atoms with Crippen molar-refractivity contribution in [3.63, 3.8) is 0 Å². The Morgan fingerprint density at radius 2 is 1.45 bits per heavy atom. The van der Waals surface area contributed by atoms with Crippen LogP contribution in [0, 0.1) is 6.92 Å². The summed E-state index contributed by atoms with van der Waals surface area (Å²) in [6.45, 7) is 4.22. The largest absolute Gasteiger partial charge is 0.385 e. The highest BCUT2D eigenvalue weighted by Crippen LogP contribution is 2.35. The van der Waals surface area contributed by atoms with Crippen molar-refractivity contribution in [3.05, 3.63) is 59.8 Å². The minimum Gasteiger partial charge on any atom is -0.385 e. The van der Waals surface area contributed by atoms with Crippen molar-refractivity contribution in [3.8, 4) is 21.6 Å². The minimum absolute atomic E-state index is 1.06. The Kier molecular flexibility index (Phi) is 4.25. The number of hydrogen-bond acceptors (Lipinski definition) is 3. The van der Waals surface area contributed by atoms with Crippen LogP contribution in [0.1, 0.15) is 18.2 Å². The van der Waals surface area contributed by atoms with Gasteiger partial charge in [-0.3, -0.25) is 0 Å². The van der Waals surface area contributed by atoms with E-state index in [2.05, 4.69) is 65.1 Å². The van der Waals surface area contributed by atoms with E-state index >= 15 is 0 Å². The number of nitrogens with zero attached hydrogens (tertiary/aromatic N) is 1. The lowest BCUT2D eigenvalue weighted by Gasteiger charge is -2.06. The normalized spacial score (nSPS) is 10.7. The van der Waals surface area contributed by atoms with Crippen LogP contribution in [-0.4, -0.2) is 11.4 Å². The van der Waals surface area contributed by atoms with Crippen molar-refractivity contribution in [1.29, 1.82) is 0 Å². The van der Waals surface area contributed by atoms with Crippen molar-refractivity contribution in [2.45, 2.75) is 20.3 Å². The first-order valence-corrected chi connectivity index (χ1v) is 8.34. The summed E-state index contributed by atoms with van der Waals surface area (Å²) in [5.74, 6) is 0. The van der Waals surface area contributed by atoms with Crippen molar-refractivity contribution >= 4 is 17.2 Å². The maximum Gasteiger partial charge on any atom is 0.0784 e. The van der Waals surface area contributed by atoms with E-state index in [-0.39, 0.29) is 0 Å². The Hall–Kier alpha value is -2.13. The van der Waals surface area contributed by atoms with E-state index in [1.54, 1.807) is 11.5 Å². The molecule has 0 aliphatic rings. The average Bonchev–Trinajstić information content (AvgIpc) is 2.96. The fourth-order valence-corrected chi connectivity index (χ4v) is 3.51. The van der Waals surface area contributed by atoms with Gasteiger partial charge in [-0.2, -0.15) is 4.37 Å². The first-order valence-electron chi connectivity index (χ1n) is 7.56. The smallest absolute Gasteiger partial charge is 0.0784 e. The van der Waals surface area contributed by atoms with Gasteiger partial charge in [0.1, 0.15) is 0 Å². The van der Waals surface area contributed by atoms with Gasteiger partial charge in [-0.25, -0.2) is 0 Å². The van der Waals surface area contributed by atoms with Gasteiger partial charge < -0.3 is 5.32 Å². The first-order chi connectivity index (χ1) is 10.7. The lowest BCUT2D eigenvalue weighted by Crippen LogP contribution is -1.90. The van der Waals surface area contributed by atoms with E-state index in [0.717, 1.165) is 17.8 Å². The monoisotopic (exact) mass is 308 g/mol. The number of benzene rings is 2. The molecule has 0 aliphatic carbocycles. The van der Waals surface area contributed by atoms with E-state index in [4.69, 9.17) is 0 Å². The van der Waals surface area contributed by atoms with E-state index in [1.165, 1.54) is 27.1 Å². The fraction of sp³-hybridized carbons (Fsp3) is 0.211. The zero-order valence-corrected chi connectivity index (χ0v) is 14.0. The number of rotatable bonds is 4. The molecule has 0 fully saturated rings. The van der Waals surface area contributed by atoms with E-state index in [1.807, 2.05) is 14.0 Å². The second-order valence-corrected chi connectivity index (χ2v) is 6.12. The molecule has 0 amide bonds. The molecule has 1 heterocycles. The Labute approximate surface area is 136 Å². The third-order valence-electron chi connectivity index (χ3n) is 3.96. The highest BCUT2D eigenvalue weighted by molar-refractivity contribution is 7.10. The summed E-state index contributed by atoms with van der Waals surface area (Å²) in [4.78, 5) is 1.20. The Morgan fingerprint density at radius 3 is 2.00 bits per heavy atom. The Morgan fingerprint density at radius 1 is 0.909 bits per heavy atom. The van der Waals surface area contributed by atoms with Gasteiger partial charge in [0.25, 0.3) is 0 Å². The summed E-state index contributed by atoms with van der Waals surface area (Å²) in [5.41, 5.74) is 7.28. The Balaban J connectivity index is 1.91. The molecular formula is C19H20N2S. The molecule has 1 aromatic heterocycles. The number of aryl methyl sites for hydroxylation is 2. The van der Waals surface area contributed by atoms with Crippen LogP contribution in [0.2, 0.25) is 0 Å². The second kappa shape index (κ2) is 6.32. The molecule has 0 spiro atoms. The van der Waals surface area contributed by atoms with Crippen LogP contribution in [0.3, 0.4) is 0 Å². The summed E-state index contributed by atoms with van der Waals surface area (Å²) >= 11 is 1.55. The van der Waals surface area contributed by atoms with Gasteiger partial charge in [0.05, 0.1) is 16.3 Å². The van der Waals surface area contributed by atoms with Crippen LogP contribution in [0.5, 0.6) is 0 Å². The van der Waals surface area contributed by atoms with E-state index < -0.39 is 0 Å². The highest BCUT2D eigenvalue weighted by atomic mass is 32.1. The number of nitrogens with one attached hydrogen (secondary N) is 1. The van der Waals surface area contributed by atoms with Crippen LogP contribution in [0.15, 0.2) is 48.5 Å². The molecule has 22 heavy (non-hydrogen) atoms. The molecule has 0 aliphatic heterocycles. The van der Waals surface area contributed by atoms with Crippen LogP contribution >= 0.6 is 11.5 Å². The van der Waals surface area contributed by atoms with Gasteiger partial charge in [0, 0.05) is 7.05 Å². The first kappa shape index (κ1) is 14.8. The third-order valence-corrected chi connectivity index (χ3v) is 4.94. The summed E-state index contributed by atoms with van der Waals surface area (Å²) in [5, 5.41) is 3.25. The molecule has 3 rings (SSSR count). The second-order valence-electron chi connectivity index (χ2n) is 5.35. The summed E-state index contributed by atoms with van der Waals surface area (Å²) in [7, 11) is 1.95. The maximum atomic E-state index is 4.44. The topological polar surface area (TPSA) is 24.9 Å². The number of anilines is 1. The molecular weight excluding hydrogens is 288 g/mol. The lowest BCUT2D eigenvalue weighted by molar-refractivity contribution is 1.14. The van der Waals surface area contributed by atoms with Gasteiger partial charge in [0.2, 0.25) is 0 Å². The van der Waals surface area contributed by atoms with Crippen LogP contribution in [-0.2, 0) is 6.42 Å². The molecule has 0 atom stereocenters. The van der Waals surface area contributed by atoms with Crippen molar-refractivity contribution in [2.24, 2.45) is 0 Å². The van der Waals surface area contributed by atoms with Gasteiger partial charge in [0.15, 0.2) is 0 Å². The molecule has 2 aromatic carbocycles. The molecule has 3 heteroatoms. The number of hydrogen-bond donors (Lipinski definition) is 1. The molecule has 0 saturated carbocycles. The molecule has 0 unspecified atom stereocenters. The zero-order valence-electron chi connectivity index (χ0n) is 13.2. The third kappa shape index (κ3) is 2.77. The van der Waals surface area contributed by atoms with E-state index in [9.17, 15) is 0 Å². The molecule has 2 nitrogen and oxygen atoms in total. The van der Waals surface area contributed by atoms with Gasteiger partial charge in [-0.05, 0) is 47.1 Å². The fourth-order valence-electron chi connectivity index (χ4n) is 2.61. The molecule has 1 N–H and O–H groups in total. The van der Waals surface area contributed by atoms with Crippen LogP contribution in [0.25, 0.3) is 21.6 Å².